The second-order valence-corrected chi connectivity index (χ2v) is 3.03. The number of hydrogen-bond donors (Lipinski definition) is 2. The standard InChI is InChI=1S/C10H15NO5/c1-2-6-16-10(15)11-7-8(12)4-3-5-9(13)14/h2H,1,3-7H2,(H,11,15)(H,13,14). The van der Waals surface area contributed by atoms with Crippen LogP contribution in [0, 0.1) is 0 Å². The maximum Gasteiger partial charge on any atom is 0.407 e. The van der Waals surface area contributed by atoms with Crippen molar-refractivity contribution in [3.8, 4) is 0 Å². The van der Waals surface area contributed by atoms with E-state index in [-0.39, 0.29) is 38.2 Å². The molecule has 0 aliphatic rings. The first-order valence-corrected chi connectivity index (χ1v) is 4.81. The molecule has 0 rings (SSSR count). The molecule has 0 spiro atoms. The molecule has 0 aromatic rings. The highest BCUT2D eigenvalue weighted by atomic mass is 16.5. The van der Waals surface area contributed by atoms with Gasteiger partial charge in [0.05, 0.1) is 6.54 Å². The Kier molecular flexibility index (Phi) is 7.48. The third-order valence-corrected chi connectivity index (χ3v) is 1.61. The third-order valence-electron chi connectivity index (χ3n) is 1.61. The van der Waals surface area contributed by atoms with E-state index in [2.05, 4.69) is 16.6 Å². The quantitative estimate of drug-likeness (QED) is 0.598. The Morgan fingerprint density at radius 3 is 2.56 bits per heavy atom. The Morgan fingerprint density at radius 2 is 2.00 bits per heavy atom. The highest BCUT2D eigenvalue weighted by Crippen LogP contribution is 1.95. The molecule has 1 amide bonds. The molecule has 0 bridgehead atoms. The fourth-order valence-corrected chi connectivity index (χ4v) is 0.882. The number of ether oxygens (including phenoxy) is 1. The molecule has 0 heterocycles. The number of carbonyl (C=O) groups is 3. The SMILES string of the molecule is C=CCOC(=O)NCC(=O)CCCC(=O)O. The number of rotatable bonds is 8. The van der Waals surface area contributed by atoms with Crippen LogP contribution in [-0.2, 0) is 14.3 Å². The van der Waals surface area contributed by atoms with Crippen molar-refractivity contribution in [1.29, 1.82) is 0 Å². The number of aliphatic carboxylic acids is 1. The molecule has 0 saturated carbocycles. The second kappa shape index (κ2) is 8.46. The number of carboxylic acids is 1. The monoisotopic (exact) mass is 229 g/mol. The number of Topliss-reactive ketones (excluding diaryl/α,β-unsaturated/α-hetero) is 1. The minimum atomic E-state index is -0.939. The fourth-order valence-electron chi connectivity index (χ4n) is 0.882. The molecule has 0 fully saturated rings. The smallest absolute Gasteiger partial charge is 0.407 e. The summed E-state index contributed by atoms with van der Waals surface area (Å²) in [6.07, 6.45) is 1.08. The van der Waals surface area contributed by atoms with Gasteiger partial charge >= 0.3 is 12.1 Å². The summed E-state index contributed by atoms with van der Waals surface area (Å²) in [5, 5.41) is 10.6. The topological polar surface area (TPSA) is 92.7 Å². The molecular weight excluding hydrogens is 214 g/mol. The van der Waals surface area contributed by atoms with E-state index in [0.717, 1.165) is 0 Å². The van der Waals surface area contributed by atoms with Gasteiger partial charge in [-0.3, -0.25) is 9.59 Å². The molecule has 0 aromatic heterocycles. The van der Waals surface area contributed by atoms with Crippen LogP contribution in [0.4, 0.5) is 4.79 Å². The van der Waals surface area contributed by atoms with Crippen LogP contribution in [0.2, 0.25) is 0 Å². The van der Waals surface area contributed by atoms with Gasteiger partial charge in [-0.2, -0.15) is 0 Å². The first-order valence-electron chi connectivity index (χ1n) is 4.81. The zero-order valence-corrected chi connectivity index (χ0v) is 8.90. The molecule has 2 N–H and O–H groups in total. The van der Waals surface area contributed by atoms with Crippen LogP contribution in [0.1, 0.15) is 19.3 Å². The molecule has 0 unspecified atom stereocenters. The van der Waals surface area contributed by atoms with E-state index < -0.39 is 12.1 Å². The van der Waals surface area contributed by atoms with Crippen LogP contribution < -0.4 is 5.32 Å². The highest BCUT2D eigenvalue weighted by Gasteiger charge is 2.06. The van der Waals surface area contributed by atoms with Gasteiger partial charge in [0.25, 0.3) is 0 Å². The lowest BCUT2D eigenvalue weighted by atomic mass is 10.2. The fraction of sp³-hybridized carbons (Fsp3) is 0.500. The Morgan fingerprint density at radius 1 is 1.31 bits per heavy atom. The van der Waals surface area contributed by atoms with Gasteiger partial charge in [0.2, 0.25) is 0 Å². The van der Waals surface area contributed by atoms with Gasteiger partial charge in [-0.15, -0.1) is 0 Å². The molecule has 6 heteroatoms. The Bertz CT molecular complexity index is 274. The zero-order valence-electron chi connectivity index (χ0n) is 8.90. The lowest BCUT2D eigenvalue weighted by Gasteiger charge is -2.03. The number of carbonyl (C=O) groups excluding carboxylic acids is 2. The summed E-state index contributed by atoms with van der Waals surface area (Å²) in [4.78, 5) is 32.1. The number of hydrogen-bond acceptors (Lipinski definition) is 4. The van der Waals surface area contributed by atoms with E-state index in [1.807, 2.05) is 0 Å². The van der Waals surface area contributed by atoms with Crippen LogP contribution in [0.3, 0.4) is 0 Å². The first-order chi connectivity index (χ1) is 7.56. The predicted molar refractivity (Wildman–Crippen MR) is 56.0 cm³/mol. The van der Waals surface area contributed by atoms with Crippen LogP contribution >= 0.6 is 0 Å². The van der Waals surface area contributed by atoms with Gasteiger partial charge in [0, 0.05) is 12.8 Å². The molecule has 0 aliphatic heterocycles. The Hall–Kier alpha value is -1.85. The summed E-state index contributed by atoms with van der Waals surface area (Å²) < 4.78 is 4.57. The van der Waals surface area contributed by atoms with Crippen molar-refractivity contribution in [2.45, 2.75) is 19.3 Å². The molecule has 0 aliphatic carbocycles. The van der Waals surface area contributed by atoms with E-state index in [1.165, 1.54) is 6.08 Å². The highest BCUT2D eigenvalue weighted by molar-refractivity contribution is 5.84. The number of carboxylic acid groups (broad SMARTS) is 1. The van der Waals surface area contributed by atoms with E-state index in [1.54, 1.807) is 0 Å². The number of alkyl carbamates (subject to hydrolysis) is 1. The molecule has 0 radical (unpaired) electrons. The normalized spacial score (nSPS) is 9.25. The van der Waals surface area contributed by atoms with Gasteiger partial charge in [-0.1, -0.05) is 12.7 Å². The van der Waals surface area contributed by atoms with Gasteiger partial charge in [-0.05, 0) is 6.42 Å². The average Bonchev–Trinajstić information content (AvgIpc) is 2.23. The minimum Gasteiger partial charge on any atom is -0.481 e. The summed E-state index contributed by atoms with van der Waals surface area (Å²) in [6.45, 7) is 3.30. The van der Waals surface area contributed by atoms with Crippen LogP contribution in [0.25, 0.3) is 0 Å². The molecule has 90 valence electrons. The zero-order chi connectivity index (χ0) is 12.4. The molecule has 0 aromatic carbocycles. The van der Waals surface area contributed by atoms with Crippen molar-refractivity contribution < 1.29 is 24.2 Å². The molecule has 0 saturated heterocycles. The van der Waals surface area contributed by atoms with Crippen LogP contribution in [0.15, 0.2) is 12.7 Å². The van der Waals surface area contributed by atoms with Crippen molar-refractivity contribution in [2.75, 3.05) is 13.2 Å². The lowest BCUT2D eigenvalue weighted by Crippen LogP contribution is -2.30. The lowest BCUT2D eigenvalue weighted by molar-refractivity contribution is -0.137. The molecule has 6 nitrogen and oxygen atoms in total. The average molecular weight is 229 g/mol. The van der Waals surface area contributed by atoms with Crippen molar-refractivity contribution in [3.05, 3.63) is 12.7 Å². The van der Waals surface area contributed by atoms with Crippen LogP contribution in [0.5, 0.6) is 0 Å². The maximum atomic E-state index is 11.1. The Balaban J connectivity index is 3.53. The van der Waals surface area contributed by atoms with E-state index in [9.17, 15) is 14.4 Å². The van der Waals surface area contributed by atoms with Crippen molar-refractivity contribution in [1.82, 2.24) is 5.32 Å². The van der Waals surface area contributed by atoms with Gasteiger partial charge in [0.1, 0.15) is 6.61 Å². The number of amides is 1. The number of ketones is 1. The van der Waals surface area contributed by atoms with E-state index in [4.69, 9.17) is 5.11 Å². The minimum absolute atomic E-state index is 0.0490. The summed E-state index contributed by atoms with van der Waals surface area (Å²) in [7, 11) is 0. The number of nitrogens with one attached hydrogen (secondary N) is 1. The van der Waals surface area contributed by atoms with Crippen molar-refractivity contribution in [3.63, 3.8) is 0 Å². The molecule has 0 atom stereocenters. The maximum absolute atomic E-state index is 11.1. The van der Waals surface area contributed by atoms with E-state index in [0.29, 0.717) is 0 Å². The molecule has 16 heavy (non-hydrogen) atoms. The Labute approximate surface area is 93.3 Å². The van der Waals surface area contributed by atoms with Gasteiger partial charge in [0.15, 0.2) is 5.78 Å². The van der Waals surface area contributed by atoms with Crippen LogP contribution in [-0.4, -0.2) is 36.1 Å². The van der Waals surface area contributed by atoms with Crippen molar-refractivity contribution >= 4 is 17.8 Å². The molecular formula is C10H15NO5. The summed E-state index contributed by atoms with van der Waals surface area (Å²) in [6, 6.07) is 0. The summed E-state index contributed by atoms with van der Waals surface area (Å²) in [5.41, 5.74) is 0. The second-order valence-electron chi connectivity index (χ2n) is 3.03. The van der Waals surface area contributed by atoms with Crippen molar-refractivity contribution in [2.24, 2.45) is 0 Å². The van der Waals surface area contributed by atoms with Gasteiger partial charge in [-0.25, -0.2) is 4.79 Å². The van der Waals surface area contributed by atoms with Gasteiger partial charge < -0.3 is 15.2 Å². The van der Waals surface area contributed by atoms with E-state index >= 15 is 0 Å². The third kappa shape index (κ3) is 8.74. The largest absolute Gasteiger partial charge is 0.481 e. The summed E-state index contributed by atoms with van der Waals surface area (Å²) in [5.74, 6) is -1.16. The summed E-state index contributed by atoms with van der Waals surface area (Å²) >= 11 is 0. The predicted octanol–water partition coefficient (Wildman–Crippen LogP) is 0.723. The first kappa shape index (κ1) is 14.2.